The number of amides is 1. The van der Waals surface area contributed by atoms with Crippen LogP contribution in [0.4, 0.5) is 0 Å². The molecule has 1 N–H and O–H groups in total. The van der Waals surface area contributed by atoms with Crippen LogP contribution in [0.5, 0.6) is 0 Å². The highest BCUT2D eigenvalue weighted by molar-refractivity contribution is 5.76. The number of piperidine rings is 1. The van der Waals surface area contributed by atoms with E-state index in [2.05, 4.69) is 10.2 Å². The molecule has 2 atom stereocenters. The first-order chi connectivity index (χ1) is 8.72. The average Bonchev–Trinajstić information content (AvgIpc) is 2.98. The highest BCUT2D eigenvalue weighted by Crippen LogP contribution is 2.31. The van der Waals surface area contributed by atoms with E-state index in [0.29, 0.717) is 30.0 Å². The summed E-state index contributed by atoms with van der Waals surface area (Å²) in [6.45, 7) is 0. The first-order valence-corrected chi connectivity index (χ1v) is 7.74. The van der Waals surface area contributed by atoms with Crippen molar-refractivity contribution in [3.8, 4) is 0 Å². The fraction of sp³-hybridized carbons (Fsp3) is 0.933. The number of rotatable bonds is 3. The van der Waals surface area contributed by atoms with E-state index in [-0.39, 0.29) is 0 Å². The van der Waals surface area contributed by atoms with Gasteiger partial charge in [0.15, 0.2) is 0 Å². The van der Waals surface area contributed by atoms with Crippen LogP contribution in [0.3, 0.4) is 0 Å². The van der Waals surface area contributed by atoms with E-state index in [9.17, 15) is 4.79 Å². The van der Waals surface area contributed by atoms with Crippen LogP contribution in [-0.4, -0.2) is 36.0 Å². The van der Waals surface area contributed by atoms with E-state index in [4.69, 9.17) is 0 Å². The van der Waals surface area contributed by atoms with Gasteiger partial charge >= 0.3 is 0 Å². The lowest BCUT2D eigenvalue weighted by Gasteiger charge is -2.36. The van der Waals surface area contributed by atoms with Gasteiger partial charge < -0.3 is 10.2 Å². The van der Waals surface area contributed by atoms with Crippen molar-refractivity contribution in [2.24, 2.45) is 5.92 Å². The molecule has 0 radical (unpaired) electrons. The molecule has 1 aliphatic carbocycles. The van der Waals surface area contributed by atoms with E-state index in [1.165, 1.54) is 51.4 Å². The molecule has 102 valence electrons. The molecule has 0 aromatic rings. The van der Waals surface area contributed by atoms with Crippen molar-refractivity contribution in [3.63, 3.8) is 0 Å². The van der Waals surface area contributed by atoms with Gasteiger partial charge in [0.25, 0.3) is 0 Å². The summed E-state index contributed by atoms with van der Waals surface area (Å²) in [6.07, 6.45) is 11.0. The molecule has 3 rings (SSSR count). The molecule has 3 aliphatic rings. The zero-order valence-corrected chi connectivity index (χ0v) is 11.5. The Labute approximate surface area is 110 Å². The van der Waals surface area contributed by atoms with Gasteiger partial charge in [-0.3, -0.25) is 4.79 Å². The summed E-state index contributed by atoms with van der Waals surface area (Å²) in [5, 5.41) is 3.65. The van der Waals surface area contributed by atoms with Gasteiger partial charge in [0.1, 0.15) is 0 Å². The van der Waals surface area contributed by atoms with Crippen LogP contribution in [-0.2, 0) is 4.79 Å². The second-order valence-electron chi connectivity index (χ2n) is 6.62. The summed E-state index contributed by atoms with van der Waals surface area (Å²) < 4.78 is 0. The van der Waals surface area contributed by atoms with Gasteiger partial charge in [-0.25, -0.2) is 0 Å². The normalized spacial score (nSPS) is 35.9. The Bertz CT molecular complexity index is 300. The van der Waals surface area contributed by atoms with Gasteiger partial charge in [0, 0.05) is 31.6 Å². The van der Waals surface area contributed by atoms with Gasteiger partial charge in [-0.05, 0) is 44.4 Å². The maximum absolute atomic E-state index is 12.3. The summed E-state index contributed by atoms with van der Waals surface area (Å²) in [7, 11) is 2.03. The minimum atomic E-state index is 0.396. The quantitative estimate of drug-likeness (QED) is 0.833. The zero-order valence-electron chi connectivity index (χ0n) is 11.5. The summed E-state index contributed by atoms with van der Waals surface area (Å²) in [5.74, 6) is 1.08. The van der Waals surface area contributed by atoms with Crippen molar-refractivity contribution in [3.05, 3.63) is 0 Å². The van der Waals surface area contributed by atoms with Gasteiger partial charge in [-0.1, -0.05) is 12.8 Å². The van der Waals surface area contributed by atoms with Crippen molar-refractivity contribution in [2.75, 3.05) is 7.05 Å². The molecule has 3 heteroatoms. The largest absolute Gasteiger partial charge is 0.343 e. The summed E-state index contributed by atoms with van der Waals surface area (Å²) >= 11 is 0. The first-order valence-electron chi connectivity index (χ1n) is 7.74. The molecule has 2 saturated heterocycles. The second-order valence-corrected chi connectivity index (χ2v) is 6.62. The lowest BCUT2D eigenvalue weighted by atomic mass is 9.97. The highest BCUT2D eigenvalue weighted by atomic mass is 16.2. The molecular weight excluding hydrogens is 224 g/mol. The van der Waals surface area contributed by atoms with Gasteiger partial charge in [-0.15, -0.1) is 0 Å². The number of fused-ring (bicyclic) bond motifs is 2. The van der Waals surface area contributed by atoms with Crippen LogP contribution in [0.25, 0.3) is 0 Å². The van der Waals surface area contributed by atoms with E-state index in [0.717, 1.165) is 6.42 Å². The predicted molar refractivity (Wildman–Crippen MR) is 72.3 cm³/mol. The highest BCUT2D eigenvalue weighted by Gasteiger charge is 2.36. The van der Waals surface area contributed by atoms with Crippen molar-refractivity contribution < 1.29 is 4.79 Å². The van der Waals surface area contributed by atoms with Crippen molar-refractivity contribution in [2.45, 2.75) is 75.9 Å². The molecule has 3 fully saturated rings. The lowest BCUT2D eigenvalue weighted by Crippen LogP contribution is -2.48. The Morgan fingerprint density at radius 3 is 2.33 bits per heavy atom. The third-order valence-corrected chi connectivity index (χ3v) is 5.33. The van der Waals surface area contributed by atoms with Crippen LogP contribution in [0, 0.1) is 5.92 Å². The molecule has 18 heavy (non-hydrogen) atoms. The van der Waals surface area contributed by atoms with Gasteiger partial charge in [0.2, 0.25) is 5.91 Å². The van der Waals surface area contributed by atoms with Crippen LogP contribution >= 0.6 is 0 Å². The van der Waals surface area contributed by atoms with Crippen LogP contribution in [0.15, 0.2) is 0 Å². The molecule has 2 heterocycles. The molecule has 2 aliphatic heterocycles. The Hall–Kier alpha value is -0.570. The predicted octanol–water partition coefficient (Wildman–Crippen LogP) is 2.31. The Morgan fingerprint density at radius 1 is 1.11 bits per heavy atom. The van der Waals surface area contributed by atoms with Crippen LogP contribution in [0.1, 0.15) is 57.8 Å². The first kappa shape index (κ1) is 12.5. The number of nitrogens with one attached hydrogen (secondary N) is 1. The molecule has 0 spiro atoms. The molecule has 0 aromatic carbocycles. The third-order valence-electron chi connectivity index (χ3n) is 5.33. The molecule has 3 nitrogen and oxygen atoms in total. The van der Waals surface area contributed by atoms with Crippen molar-refractivity contribution in [1.29, 1.82) is 0 Å². The van der Waals surface area contributed by atoms with Crippen molar-refractivity contribution >= 4 is 5.91 Å². The monoisotopic (exact) mass is 250 g/mol. The molecule has 2 unspecified atom stereocenters. The van der Waals surface area contributed by atoms with Crippen molar-refractivity contribution in [1.82, 2.24) is 10.2 Å². The van der Waals surface area contributed by atoms with Gasteiger partial charge in [-0.2, -0.15) is 0 Å². The van der Waals surface area contributed by atoms with E-state index in [1.807, 2.05) is 7.05 Å². The number of hydrogen-bond donors (Lipinski definition) is 1. The zero-order chi connectivity index (χ0) is 12.5. The third kappa shape index (κ3) is 2.56. The summed E-state index contributed by atoms with van der Waals surface area (Å²) in [5.41, 5.74) is 0. The Morgan fingerprint density at radius 2 is 1.72 bits per heavy atom. The number of carbonyl (C=O) groups is 1. The fourth-order valence-corrected chi connectivity index (χ4v) is 4.15. The summed E-state index contributed by atoms with van der Waals surface area (Å²) in [4.78, 5) is 14.4. The fourth-order valence-electron chi connectivity index (χ4n) is 4.15. The van der Waals surface area contributed by atoms with E-state index < -0.39 is 0 Å². The van der Waals surface area contributed by atoms with E-state index in [1.54, 1.807) is 0 Å². The Kier molecular flexibility index (Phi) is 3.60. The minimum absolute atomic E-state index is 0.396. The van der Waals surface area contributed by atoms with Gasteiger partial charge in [0.05, 0.1) is 0 Å². The Balaban J connectivity index is 1.53. The standard InChI is InChI=1S/C15H26N2O/c1-17(15(18)8-11-4-2-3-5-11)14-9-12-6-7-13(10-14)16-12/h11-14,16H,2-10H2,1H3. The number of carbonyl (C=O) groups excluding carboxylic acids is 1. The van der Waals surface area contributed by atoms with Crippen LogP contribution < -0.4 is 5.32 Å². The second kappa shape index (κ2) is 5.20. The maximum atomic E-state index is 12.3. The molecule has 0 aromatic heterocycles. The average molecular weight is 250 g/mol. The smallest absolute Gasteiger partial charge is 0.222 e. The molecule has 2 bridgehead atoms. The van der Waals surface area contributed by atoms with E-state index >= 15 is 0 Å². The molecule has 1 amide bonds. The maximum Gasteiger partial charge on any atom is 0.222 e. The number of nitrogens with zero attached hydrogens (tertiary/aromatic N) is 1. The molecule has 1 saturated carbocycles. The number of hydrogen-bond acceptors (Lipinski definition) is 2. The minimum Gasteiger partial charge on any atom is -0.343 e. The van der Waals surface area contributed by atoms with Crippen LogP contribution in [0.2, 0.25) is 0 Å². The SMILES string of the molecule is CN(C(=O)CC1CCCC1)C1CC2CCC(C1)N2. The summed E-state index contributed by atoms with van der Waals surface area (Å²) in [6, 6.07) is 1.85. The topological polar surface area (TPSA) is 32.3 Å². The molecular formula is C15H26N2O. The lowest BCUT2D eigenvalue weighted by molar-refractivity contribution is -0.133.